The van der Waals surface area contributed by atoms with Crippen LogP contribution in [0.2, 0.25) is 0 Å². The Morgan fingerprint density at radius 1 is 1.03 bits per heavy atom. The molecule has 1 aliphatic heterocycles. The number of aryl methyl sites for hydroxylation is 2. The Morgan fingerprint density at radius 3 is 2.75 bits per heavy atom. The highest BCUT2D eigenvalue weighted by atomic mass is 16.2. The van der Waals surface area contributed by atoms with E-state index >= 15 is 0 Å². The lowest BCUT2D eigenvalue weighted by atomic mass is 9.87. The maximum atomic E-state index is 13.2. The van der Waals surface area contributed by atoms with E-state index in [9.17, 15) is 4.79 Å². The smallest absolute Gasteiger partial charge is 0.225 e. The van der Waals surface area contributed by atoms with E-state index < -0.39 is 0 Å². The number of aromatic nitrogens is 2. The van der Waals surface area contributed by atoms with Crippen LogP contribution in [0.25, 0.3) is 11.4 Å². The van der Waals surface area contributed by atoms with Crippen molar-refractivity contribution in [2.75, 3.05) is 18.0 Å². The lowest BCUT2D eigenvalue weighted by Crippen LogP contribution is -2.44. The quantitative estimate of drug-likeness (QED) is 0.647. The average molecular weight is 427 g/mol. The minimum absolute atomic E-state index is 0.0179. The van der Waals surface area contributed by atoms with Crippen LogP contribution in [0.3, 0.4) is 0 Å². The van der Waals surface area contributed by atoms with Gasteiger partial charge >= 0.3 is 0 Å². The highest BCUT2D eigenvalue weighted by molar-refractivity contribution is 5.80. The fourth-order valence-corrected chi connectivity index (χ4v) is 4.96. The molecule has 1 aliphatic carbocycles. The Hall–Kier alpha value is -3.21. The molecule has 5 rings (SSSR count). The first-order chi connectivity index (χ1) is 15.7. The van der Waals surface area contributed by atoms with Crippen LogP contribution in [0.15, 0.2) is 60.8 Å². The third-order valence-electron chi connectivity index (χ3n) is 6.75. The summed E-state index contributed by atoms with van der Waals surface area (Å²) in [6, 6.07) is 18.9. The normalized spacial score (nSPS) is 20.5. The van der Waals surface area contributed by atoms with E-state index in [1.807, 2.05) is 12.3 Å². The van der Waals surface area contributed by atoms with Gasteiger partial charge in [0.15, 0.2) is 5.82 Å². The molecular formula is C27H30N4O. The monoisotopic (exact) mass is 426 g/mol. The molecule has 0 bridgehead atoms. The summed E-state index contributed by atoms with van der Waals surface area (Å²) in [5, 5.41) is 3.36. The molecule has 3 aromatic rings. The zero-order chi connectivity index (χ0) is 21.9. The number of fused-ring (bicyclic) bond motifs is 1. The van der Waals surface area contributed by atoms with Crippen LogP contribution in [0.5, 0.6) is 0 Å². The van der Waals surface area contributed by atoms with Crippen molar-refractivity contribution in [1.29, 1.82) is 0 Å². The molecule has 0 radical (unpaired) electrons. The average Bonchev–Trinajstić information content (AvgIpc) is 2.85. The molecule has 0 unspecified atom stereocenters. The molecule has 32 heavy (non-hydrogen) atoms. The second-order valence-electron chi connectivity index (χ2n) is 9.04. The molecule has 2 heterocycles. The van der Waals surface area contributed by atoms with Crippen LogP contribution in [-0.2, 0) is 11.2 Å². The number of piperidine rings is 1. The third-order valence-corrected chi connectivity index (χ3v) is 6.75. The first-order valence-corrected chi connectivity index (χ1v) is 11.7. The van der Waals surface area contributed by atoms with Gasteiger partial charge in [0.25, 0.3) is 0 Å². The summed E-state index contributed by atoms with van der Waals surface area (Å²) < 4.78 is 0. The van der Waals surface area contributed by atoms with Crippen molar-refractivity contribution >= 4 is 11.7 Å². The number of carbonyl (C=O) groups excluding carboxylic acids is 1. The molecule has 2 atom stereocenters. The Morgan fingerprint density at radius 2 is 1.88 bits per heavy atom. The molecule has 5 heteroatoms. The molecule has 5 nitrogen and oxygen atoms in total. The van der Waals surface area contributed by atoms with Crippen molar-refractivity contribution in [3.8, 4) is 11.4 Å². The fourth-order valence-electron chi connectivity index (χ4n) is 4.96. The zero-order valence-electron chi connectivity index (χ0n) is 18.6. The number of hydrogen-bond acceptors (Lipinski definition) is 4. The number of hydrogen-bond donors (Lipinski definition) is 1. The Bertz CT molecular complexity index is 1090. The maximum absolute atomic E-state index is 13.2. The van der Waals surface area contributed by atoms with Gasteiger partial charge in [-0.25, -0.2) is 9.97 Å². The third kappa shape index (κ3) is 4.38. The summed E-state index contributed by atoms with van der Waals surface area (Å²) in [6.07, 6.45) is 6.99. The Labute approximate surface area is 189 Å². The van der Waals surface area contributed by atoms with Gasteiger partial charge < -0.3 is 10.2 Å². The van der Waals surface area contributed by atoms with Gasteiger partial charge in [-0.15, -0.1) is 0 Å². The molecular weight excluding hydrogens is 396 g/mol. The standard InChI is InChI=1S/C27H30N4O/c1-19-11-13-21(14-12-19)26-28-16-15-25(30-26)31-17-5-8-22(18-31)27(32)29-24-10-4-7-20-6-2-3-9-23(20)24/h2-3,6,9,11-16,22,24H,4-5,7-8,10,17-18H2,1H3,(H,29,32)/t22-,24+/m1/s1. The molecule has 1 saturated heterocycles. The predicted octanol–water partition coefficient (Wildman–Crippen LogP) is 4.86. The molecule has 0 spiro atoms. The summed E-state index contributed by atoms with van der Waals surface area (Å²) in [4.78, 5) is 24.7. The van der Waals surface area contributed by atoms with E-state index in [4.69, 9.17) is 4.98 Å². The molecule has 0 saturated carbocycles. The van der Waals surface area contributed by atoms with E-state index in [0.29, 0.717) is 6.54 Å². The number of benzene rings is 2. The number of nitrogens with one attached hydrogen (secondary N) is 1. The highest BCUT2D eigenvalue weighted by Gasteiger charge is 2.29. The first-order valence-electron chi connectivity index (χ1n) is 11.7. The van der Waals surface area contributed by atoms with Crippen molar-refractivity contribution in [1.82, 2.24) is 15.3 Å². The largest absolute Gasteiger partial charge is 0.356 e. The van der Waals surface area contributed by atoms with Crippen LogP contribution < -0.4 is 10.2 Å². The molecule has 164 valence electrons. The van der Waals surface area contributed by atoms with E-state index in [2.05, 4.69) is 70.7 Å². The molecule has 1 amide bonds. The molecule has 1 N–H and O–H groups in total. The molecule has 2 aromatic carbocycles. The van der Waals surface area contributed by atoms with E-state index in [1.54, 1.807) is 0 Å². The number of anilines is 1. The summed E-state index contributed by atoms with van der Waals surface area (Å²) in [7, 11) is 0. The van der Waals surface area contributed by atoms with Crippen molar-refractivity contribution < 1.29 is 4.79 Å². The second-order valence-corrected chi connectivity index (χ2v) is 9.04. The molecule has 1 fully saturated rings. The SMILES string of the molecule is Cc1ccc(-c2nccc(N3CCC[C@@H](C(=O)N[C@H]4CCCc5ccccc54)C3)n2)cc1. The van der Waals surface area contributed by atoms with Crippen molar-refractivity contribution in [2.24, 2.45) is 5.92 Å². The minimum atomic E-state index is -0.0179. The number of carbonyl (C=O) groups is 1. The van der Waals surface area contributed by atoms with E-state index in [1.165, 1.54) is 16.7 Å². The van der Waals surface area contributed by atoms with Gasteiger partial charge in [0, 0.05) is 24.8 Å². The van der Waals surface area contributed by atoms with Gasteiger partial charge in [0.05, 0.1) is 12.0 Å². The van der Waals surface area contributed by atoms with Gasteiger partial charge in [-0.05, 0) is 56.2 Å². The lowest BCUT2D eigenvalue weighted by Gasteiger charge is -2.34. The zero-order valence-corrected chi connectivity index (χ0v) is 18.6. The molecule has 2 aliphatic rings. The highest BCUT2D eigenvalue weighted by Crippen LogP contribution is 2.31. The summed E-state index contributed by atoms with van der Waals surface area (Å²) in [5.74, 6) is 1.78. The maximum Gasteiger partial charge on any atom is 0.225 e. The van der Waals surface area contributed by atoms with Gasteiger partial charge in [0.1, 0.15) is 5.82 Å². The van der Waals surface area contributed by atoms with Crippen molar-refractivity contribution in [2.45, 2.75) is 45.1 Å². The Kier molecular flexibility index (Phi) is 5.89. The van der Waals surface area contributed by atoms with Crippen LogP contribution >= 0.6 is 0 Å². The van der Waals surface area contributed by atoms with Gasteiger partial charge in [-0.2, -0.15) is 0 Å². The number of nitrogens with zero attached hydrogens (tertiary/aromatic N) is 3. The van der Waals surface area contributed by atoms with Crippen LogP contribution in [0, 0.1) is 12.8 Å². The minimum Gasteiger partial charge on any atom is -0.356 e. The fraction of sp³-hybridized carbons (Fsp3) is 0.370. The van der Waals surface area contributed by atoms with Crippen LogP contribution in [0.4, 0.5) is 5.82 Å². The molecule has 1 aromatic heterocycles. The van der Waals surface area contributed by atoms with Gasteiger partial charge in [-0.1, -0.05) is 54.1 Å². The first kappa shape index (κ1) is 20.7. The van der Waals surface area contributed by atoms with E-state index in [0.717, 1.165) is 55.9 Å². The summed E-state index contributed by atoms with van der Waals surface area (Å²) in [6.45, 7) is 3.69. The predicted molar refractivity (Wildman–Crippen MR) is 127 cm³/mol. The van der Waals surface area contributed by atoms with Crippen LogP contribution in [-0.4, -0.2) is 29.0 Å². The second kappa shape index (κ2) is 9.11. The topological polar surface area (TPSA) is 58.1 Å². The van der Waals surface area contributed by atoms with Crippen molar-refractivity contribution in [3.63, 3.8) is 0 Å². The number of rotatable bonds is 4. The van der Waals surface area contributed by atoms with E-state index in [-0.39, 0.29) is 17.9 Å². The van der Waals surface area contributed by atoms with Crippen LogP contribution in [0.1, 0.15) is 48.4 Å². The lowest BCUT2D eigenvalue weighted by molar-refractivity contribution is -0.126. The van der Waals surface area contributed by atoms with Gasteiger partial charge in [0.2, 0.25) is 5.91 Å². The number of amides is 1. The van der Waals surface area contributed by atoms with Crippen molar-refractivity contribution in [3.05, 3.63) is 77.5 Å². The summed E-state index contributed by atoms with van der Waals surface area (Å²) in [5.41, 5.74) is 4.90. The summed E-state index contributed by atoms with van der Waals surface area (Å²) >= 11 is 0. The van der Waals surface area contributed by atoms with Gasteiger partial charge in [-0.3, -0.25) is 4.79 Å². The Balaban J connectivity index is 1.28.